The van der Waals surface area contributed by atoms with Crippen LogP contribution in [0.25, 0.3) is 0 Å². The molecule has 226 valence electrons. The van der Waals surface area contributed by atoms with Gasteiger partial charge in [-0.25, -0.2) is 8.42 Å². The third-order valence-electron chi connectivity index (χ3n) is 7.04. The lowest BCUT2D eigenvalue weighted by molar-refractivity contribution is -0.140. The number of anilines is 1. The van der Waals surface area contributed by atoms with Crippen molar-refractivity contribution >= 4 is 39.1 Å². The van der Waals surface area contributed by atoms with E-state index < -0.39 is 28.5 Å². The zero-order chi connectivity index (χ0) is 31.0. The molecule has 3 rings (SSSR count). The van der Waals surface area contributed by atoms with Crippen molar-refractivity contribution in [1.82, 2.24) is 10.2 Å². The molecule has 10 heteroatoms. The van der Waals surface area contributed by atoms with Crippen LogP contribution in [0.15, 0.2) is 71.6 Å². The highest BCUT2D eigenvalue weighted by Crippen LogP contribution is 2.27. The number of rotatable bonds is 13. The Hall–Kier alpha value is -3.56. The van der Waals surface area contributed by atoms with Gasteiger partial charge < -0.3 is 15.0 Å². The second-order valence-corrected chi connectivity index (χ2v) is 13.0. The molecule has 3 aromatic rings. The fourth-order valence-electron chi connectivity index (χ4n) is 4.41. The Morgan fingerprint density at radius 1 is 0.952 bits per heavy atom. The lowest BCUT2D eigenvalue weighted by Crippen LogP contribution is -2.52. The van der Waals surface area contributed by atoms with Gasteiger partial charge in [0.05, 0.1) is 17.7 Å². The van der Waals surface area contributed by atoms with Crippen LogP contribution >= 0.6 is 11.6 Å². The van der Waals surface area contributed by atoms with Crippen molar-refractivity contribution in [3.05, 3.63) is 88.4 Å². The van der Waals surface area contributed by atoms with E-state index in [1.54, 1.807) is 31.4 Å². The molecule has 8 nitrogen and oxygen atoms in total. The average Bonchev–Trinajstić information content (AvgIpc) is 2.96. The van der Waals surface area contributed by atoms with Crippen molar-refractivity contribution in [1.29, 1.82) is 0 Å². The fourth-order valence-corrected chi connectivity index (χ4v) is 5.94. The van der Waals surface area contributed by atoms with Crippen LogP contribution in [0, 0.1) is 19.8 Å². The molecule has 0 fully saturated rings. The van der Waals surface area contributed by atoms with Crippen LogP contribution in [0.5, 0.6) is 5.75 Å². The summed E-state index contributed by atoms with van der Waals surface area (Å²) < 4.78 is 34.4. The Kier molecular flexibility index (Phi) is 11.4. The molecule has 0 aliphatic carbocycles. The molecule has 0 saturated heterocycles. The van der Waals surface area contributed by atoms with Crippen molar-refractivity contribution < 1.29 is 22.7 Å². The van der Waals surface area contributed by atoms with Gasteiger partial charge in [0.15, 0.2) is 0 Å². The summed E-state index contributed by atoms with van der Waals surface area (Å²) in [4.78, 5) is 29.0. The van der Waals surface area contributed by atoms with Gasteiger partial charge in [-0.05, 0) is 91.4 Å². The first-order valence-corrected chi connectivity index (χ1v) is 15.7. The summed E-state index contributed by atoms with van der Waals surface area (Å²) in [5, 5.41) is 3.33. The molecule has 0 spiro atoms. The van der Waals surface area contributed by atoms with Gasteiger partial charge in [-0.1, -0.05) is 50.6 Å². The molecule has 0 aliphatic heterocycles. The van der Waals surface area contributed by atoms with Crippen molar-refractivity contribution in [2.45, 2.75) is 58.5 Å². The molecule has 3 aromatic carbocycles. The summed E-state index contributed by atoms with van der Waals surface area (Å²) in [6, 6.07) is 17.5. The first kappa shape index (κ1) is 32.9. The van der Waals surface area contributed by atoms with Crippen LogP contribution in [0.1, 0.15) is 43.9 Å². The molecule has 0 bridgehead atoms. The molecule has 42 heavy (non-hydrogen) atoms. The highest BCUT2D eigenvalue weighted by Gasteiger charge is 2.33. The number of ether oxygens (including phenoxy) is 1. The number of benzene rings is 3. The number of carbonyl (C=O) groups excluding carboxylic acids is 2. The lowest BCUT2D eigenvalue weighted by Gasteiger charge is -2.33. The molecular formula is C32H40ClN3O5S. The predicted octanol–water partition coefficient (Wildman–Crippen LogP) is 5.74. The van der Waals surface area contributed by atoms with Crippen LogP contribution in [-0.4, -0.2) is 51.4 Å². The summed E-state index contributed by atoms with van der Waals surface area (Å²) >= 11 is 6.03. The minimum absolute atomic E-state index is 0.00125. The number of hydrogen-bond acceptors (Lipinski definition) is 5. The zero-order valence-corrected chi connectivity index (χ0v) is 26.6. The van der Waals surface area contributed by atoms with Gasteiger partial charge in [0.25, 0.3) is 10.0 Å². The lowest BCUT2D eigenvalue weighted by atomic mass is 10.1. The van der Waals surface area contributed by atoms with E-state index in [0.717, 1.165) is 21.0 Å². The summed E-state index contributed by atoms with van der Waals surface area (Å²) in [6.07, 6.45) is 0.347. The van der Waals surface area contributed by atoms with E-state index in [1.165, 1.54) is 29.2 Å². The van der Waals surface area contributed by atoms with Crippen LogP contribution in [0.4, 0.5) is 5.69 Å². The maximum Gasteiger partial charge on any atom is 0.264 e. The maximum absolute atomic E-state index is 14.2. The molecule has 2 amide bonds. The van der Waals surface area contributed by atoms with E-state index in [9.17, 15) is 18.0 Å². The summed E-state index contributed by atoms with van der Waals surface area (Å²) in [5.74, 6) is 0.0924. The number of halogens is 1. The molecule has 1 atom stereocenters. The molecule has 0 radical (unpaired) electrons. The normalized spacial score (nSPS) is 12.1. The largest absolute Gasteiger partial charge is 0.497 e. The van der Waals surface area contributed by atoms with E-state index in [1.807, 2.05) is 52.8 Å². The first-order chi connectivity index (χ1) is 19.9. The summed E-state index contributed by atoms with van der Waals surface area (Å²) in [6.45, 7) is 9.69. The first-order valence-electron chi connectivity index (χ1n) is 13.9. The molecule has 1 N–H and O–H groups in total. The van der Waals surface area contributed by atoms with Crippen molar-refractivity contribution in [2.24, 2.45) is 5.92 Å². The number of nitrogens with one attached hydrogen (secondary N) is 1. The number of amides is 2. The highest BCUT2D eigenvalue weighted by atomic mass is 35.5. The van der Waals surface area contributed by atoms with Gasteiger partial charge in [0.2, 0.25) is 11.8 Å². The Morgan fingerprint density at radius 3 is 2.14 bits per heavy atom. The number of carbonyl (C=O) groups is 2. The summed E-state index contributed by atoms with van der Waals surface area (Å²) in [7, 11) is -2.61. The number of nitrogens with zero attached hydrogens (tertiary/aromatic N) is 2. The maximum atomic E-state index is 14.2. The highest BCUT2D eigenvalue weighted by molar-refractivity contribution is 7.92. The third kappa shape index (κ3) is 8.26. The van der Waals surface area contributed by atoms with Gasteiger partial charge in [-0.2, -0.15) is 0 Å². The van der Waals surface area contributed by atoms with Crippen LogP contribution in [-0.2, 0) is 26.2 Å². The Labute approximate surface area is 254 Å². The second-order valence-electron chi connectivity index (χ2n) is 10.7. The SMILES string of the molecule is CCC(C(=O)NCC(C)C)N(Cc1ccc(OC)cc1)C(=O)CN(c1ccc(C)c(C)c1)S(=O)(=O)c1ccc(Cl)cc1. The molecule has 0 saturated carbocycles. The topological polar surface area (TPSA) is 96.0 Å². The van der Waals surface area contributed by atoms with E-state index in [-0.39, 0.29) is 23.3 Å². The van der Waals surface area contributed by atoms with Gasteiger partial charge >= 0.3 is 0 Å². The van der Waals surface area contributed by atoms with E-state index in [2.05, 4.69) is 5.32 Å². The van der Waals surface area contributed by atoms with Crippen molar-refractivity contribution in [2.75, 3.05) is 24.5 Å². The van der Waals surface area contributed by atoms with Gasteiger partial charge in [0.1, 0.15) is 18.3 Å². The monoisotopic (exact) mass is 613 g/mol. The summed E-state index contributed by atoms with van der Waals surface area (Å²) in [5.41, 5.74) is 2.99. The molecular weight excluding hydrogens is 574 g/mol. The van der Waals surface area contributed by atoms with Gasteiger partial charge in [0, 0.05) is 18.1 Å². The zero-order valence-electron chi connectivity index (χ0n) is 25.1. The minimum Gasteiger partial charge on any atom is -0.497 e. The molecule has 0 heterocycles. The van der Waals surface area contributed by atoms with Crippen LogP contribution in [0.2, 0.25) is 5.02 Å². The Bertz CT molecular complexity index is 1470. The second kappa shape index (κ2) is 14.6. The van der Waals surface area contributed by atoms with E-state index in [4.69, 9.17) is 16.3 Å². The smallest absolute Gasteiger partial charge is 0.264 e. The van der Waals surface area contributed by atoms with Gasteiger partial charge in [-0.3, -0.25) is 13.9 Å². The number of sulfonamides is 1. The number of aryl methyl sites for hydroxylation is 2. The van der Waals surface area contributed by atoms with Crippen molar-refractivity contribution in [3.63, 3.8) is 0 Å². The van der Waals surface area contributed by atoms with Crippen LogP contribution < -0.4 is 14.4 Å². The molecule has 1 unspecified atom stereocenters. The third-order valence-corrected chi connectivity index (χ3v) is 9.08. The minimum atomic E-state index is -4.17. The Morgan fingerprint density at radius 2 is 1.60 bits per heavy atom. The number of hydrogen-bond donors (Lipinski definition) is 1. The standard InChI is InChI=1S/C32H40ClN3O5S/c1-7-30(32(38)34-19-22(2)3)35(20-25-9-14-28(41-6)15-10-25)31(37)21-36(27-13-8-23(4)24(5)18-27)42(39,40)29-16-11-26(33)12-17-29/h8-18,22,30H,7,19-21H2,1-6H3,(H,34,38). The van der Waals surface area contributed by atoms with Gasteiger partial charge in [-0.15, -0.1) is 0 Å². The fraction of sp³-hybridized carbons (Fsp3) is 0.375. The van der Waals surface area contributed by atoms with E-state index in [0.29, 0.717) is 29.4 Å². The van der Waals surface area contributed by atoms with Crippen LogP contribution in [0.3, 0.4) is 0 Å². The quantitative estimate of drug-likeness (QED) is 0.265. The average molecular weight is 614 g/mol. The van der Waals surface area contributed by atoms with E-state index >= 15 is 0 Å². The van der Waals surface area contributed by atoms with Crippen molar-refractivity contribution in [3.8, 4) is 5.75 Å². The predicted molar refractivity (Wildman–Crippen MR) is 167 cm³/mol. The Balaban J connectivity index is 2.06. The number of methoxy groups -OCH3 is 1. The molecule has 0 aromatic heterocycles. The molecule has 0 aliphatic rings.